The van der Waals surface area contributed by atoms with Crippen LogP contribution in [0.3, 0.4) is 0 Å². The van der Waals surface area contributed by atoms with Gasteiger partial charge in [-0.05, 0) is 6.42 Å². The van der Waals surface area contributed by atoms with E-state index in [-0.39, 0.29) is 24.7 Å². The van der Waals surface area contributed by atoms with Crippen LogP contribution in [-0.4, -0.2) is 68.2 Å². The van der Waals surface area contributed by atoms with Crippen molar-refractivity contribution in [2.24, 2.45) is 0 Å². The molecule has 0 aromatic carbocycles. The van der Waals surface area contributed by atoms with Gasteiger partial charge >= 0.3 is 17.9 Å². The molecular weight excluding hydrogens is 480 g/mol. The lowest BCUT2D eigenvalue weighted by Gasteiger charge is -2.03. The molecular formula is C24H50O8S2. The molecule has 0 aromatic heterocycles. The molecule has 0 radical (unpaired) electrons. The van der Waals surface area contributed by atoms with Crippen LogP contribution in [0.25, 0.3) is 0 Å². The number of aliphatic carboxylic acids is 3. The maximum Gasteiger partial charge on any atom is 0.313 e. The van der Waals surface area contributed by atoms with Crippen LogP contribution in [0.5, 0.6) is 0 Å². The maximum atomic E-state index is 10.3. The zero-order valence-corrected chi connectivity index (χ0v) is 22.8. The average Bonchev–Trinajstić information content (AvgIpc) is 2.82. The second-order valence-electron chi connectivity index (χ2n) is 7.64. The van der Waals surface area contributed by atoms with Gasteiger partial charge in [0.1, 0.15) is 0 Å². The molecule has 10 heteroatoms. The van der Waals surface area contributed by atoms with Crippen molar-refractivity contribution in [2.75, 3.05) is 24.7 Å². The van der Waals surface area contributed by atoms with E-state index in [2.05, 4.69) is 32.2 Å². The first-order chi connectivity index (χ1) is 16.2. The summed E-state index contributed by atoms with van der Waals surface area (Å²) in [5.41, 5.74) is 0. The lowest BCUT2D eigenvalue weighted by atomic mass is 10.0. The van der Waals surface area contributed by atoms with Crippen LogP contribution >= 0.6 is 25.3 Å². The zero-order valence-electron chi connectivity index (χ0n) is 21.0. The van der Waals surface area contributed by atoms with Crippen LogP contribution in [0.2, 0.25) is 0 Å². The molecule has 206 valence electrons. The number of aliphatic hydroxyl groups excluding tert-OH is 2. The van der Waals surface area contributed by atoms with Gasteiger partial charge in [-0.3, -0.25) is 14.4 Å². The number of unbranched alkanes of at least 4 members (excludes halogenated alkanes) is 14. The monoisotopic (exact) mass is 530 g/mol. The lowest BCUT2D eigenvalue weighted by molar-refractivity contribution is -0.137. The van der Waals surface area contributed by atoms with Gasteiger partial charge in [0.05, 0.1) is 24.7 Å². The number of carboxylic acids is 3. The summed E-state index contributed by atoms with van der Waals surface area (Å²) >= 11 is 6.83. The van der Waals surface area contributed by atoms with E-state index >= 15 is 0 Å². The summed E-state index contributed by atoms with van der Waals surface area (Å²) in [6.45, 7) is 2.02. The third kappa shape index (κ3) is 63.3. The number of aliphatic hydroxyl groups is 2. The highest BCUT2D eigenvalue weighted by atomic mass is 32.1. The van der Waals surface area contributed by atoms with Gasteiger partial charge in [-0.1, -0.05) is 96.8 Å². The molecule has 0 saturated carbocycles. The van der Waals surface area contributed by atoms with E-state index in [1.807, 2.05) is 0 Å². The van der Waals surface area contributed by atoms with Gasteiger partial charge in [0, 0.05) is 6.42 Å². The summed E-state index contributed by atoms with van der Waals surface area (Å²) in [5, 5.41) is 39.1. The fourth-order valence-electron chi connectivity index (χ4n) is 2.65. The summed E-state index contributed by atoms with van der Waals surface area (Å²) in [6.07, 6.45) is 20.2. The minimum atomic E-state index is -0.881. The Morgan fingerprint density at radius 2 is 0.735 bits per heavy atom. The number of carboxylic acid groups (broad SMARTS) is 3. The number of rotatable bonds is 19. The Morgan fingerprint density at radius 3 is 0.912 bits per heavy atom. The standard InChI is InChI=1S/C18H36O2.2C2H4O2S.C2H6O2/c1-2-3-4-5-6-7-8-9-10-11-12-13-14-15-16-17-18(19)20;2*3-2(4)1-5;3-1-2-4/h2-17H2,1H3,(H,19,20);2*5H,1H2,(H,3,4);3-4H,1-2H2. The number of thiol groups is 2. The van der Waals surface area contributed by atoms with E-state index < -0.39 is 17.9 Å². The van der Waals surface area contributed by atoms with Gasteiger partial charge in [-0.25, -0.2) is 0 Å². The van der Waals surface area contributed by atoms with Crippen molar-refractivity contribution in [2.45, 2.75) is 110 Å². The molecule has 0 spiro atoms. The van der Waals surface area contributed by atoms with E-state index in [4.69, 9.17) is 25.5 Å². The minimum absolute atomic E-state index is 0.0833. The highest BCUT2D eigenvalue weighted by Crippen LogP contribution is 2.13. The molecule has 0 fully saturated rings. The van der Waals surface area contributed by atoms with Crippen molar-refractivity contribution in [3.63, 3.8) is 0 Å². The fraction of sp³-hybridized carbons (Fsp3) is 0.875. The average molecular weight is 531 g/mol. The SMILES string of the molecule is CCCCCCCCCCCCCCCCCC(=O)O.O=C(O)CS.O=C(O)CS.OCCO. The molecule has 0 aliphatic heterocycles. The molecule has 8 nitrogen and oxygen atoms in total. The van der Waals surface area contributed by atoms with E-state index in [1.54, 1.807) is 0 Å². The first-order valence-corrected chi connectivity index (χ1v) is 13.6. The molecule has 0 aliphatic carbocycles. The quantitative estimate of drug-likeness (QED) is 0.0877. The molecule has 0 aromatic rings. The molecule has 0 heterocycles. The molecule has 0 unspecified atom stereocenters. The van der Waals surface area contributed by atoms with Crippen LogP contribution in [0.15, 0.2) is 0 Å². The minimum Gasteiger partial charge on any atom is -0.481 e. The number of hydrogen-bond acceptors (Lipinski definition) is 7. The van der Waals surface area contributed by atoms with Crippen LogP contribution in [0.1, 0.15) is 110 Å². The second-order valence-corrected chi connectivity index (χ2v) is 8.28. The molecule has 0 saturated heterocycles. The van der Waals surface area contributed by atoms with Crippen LogP contribution in [-0.2, 0) is 14.4 Å². The van der Waals surface area contributed by atoms with Gasteiger partial charge in [-0.2, -0.15) is 25.3 Å². The molecule has 34 heavy (non-hydrogen) atoms. The van der Waals surface area contributed by atoms with Crippen molar-refractivity contribution >= 4 is 43.2 Å². The predicted molar refractivity (Wildman–Crippen MR) is 144 cm³/mol. The van der Waals surface area contributed by atoms with Gasteiger partial charge < -0.3 is 25.5 Å². The Morgan fingerprint density at radius 1 is 0.500 bits per heavy atom. The van der Waals surface area contributed by atoms with Crippen LogP contribution < -0.4 is 0 Å². The highest BCUT2D eigenvalue weighted by Gasteiger charge is 1.97. The van der Waals surface area contributed by atoms with Crippen LogP contribution in [0, 0.1) is 0 Å². The van der Waals surface area contributed by atoms with Gasteiger partial charge in [0.2, 0.25) is 0 Å². The Kier molecular flexibility index (Phi) is 46.4. The van der Waals surface area contributed by atoms with E-state index in [0.717, 1.165) is 12.8 Å². The summed E-state index contributed by atoms with van der Waals surface area (Å²) in [4.78, 5) is 28.9. The fourth-order valence-corrected chi connectivity index (χ4v) is 2.65. The van der Waals surface area contributed by atoms with Gasteiger partial charge in [0.25, 0.3) is 0 Å². The van der Waals surface area contributed by atoms with Crippen molar-refractivity contribution < 1.29 is 39.9 Å². The van der Waals surface area contributed by atoms with Crippen molar-refractivity contribution in [3.05, 3.63) is 0 Å². The highest BCUT2D eigenvalue weighted by molar-refractivity contribution is 7.81. The van der Waals surface area contributed by atoms with E-state index in [0.29, 0.717) is 6.42 Å². The zero-order chi connectivity index (χ0) is 26.9. The van der Waals surface area contributed by atoms with E-state index in [9.17, 15) is 14.4 Å². The maximum absolute atomic E-state index is 10.3. The smallest absolute Gasteiger partial charge is 0.313 e. The first kappa shape index (κ1) is 40.2. The summed E-state index contributed by atoms with van der Waals surface area (Å²) in [6, 6.07) is 0. The third-order valence-electron chi connectivity index (χ3n) is 4.36. The van der Waals surface area contributed by atoms with Crippen LogP contribution in [0.4, 0.5) is 0 Å². The van der Waals surface area contributed by atoms with Crippen molar-refractivity contribution in [3.8, 4) is 0 Å². The van der Waals surface area contributed by atoms with Crippen molar-refractivity contribution in [1.82, 2.24) is 0 Å². The Labute approximate surface area is 217 Å². The summed E-state index contributed by atoms with van der Waals surface area (Å²) in [5.74, 6) is -2.58. The summed E-state index contributed by atoms with van der Waals surface area (Å²) in [7, 11) is 0. The Hall–Kier alpha value is -0.970. The second kappa shape index (κ2) is 39.3. The molecule has 0 amide bonds. The number of carbonyl (C=O) groups is 3. The molecule has 0 rings (SSSR count). The normalized spacial score (nSPS) is 9.44. The predicted octanol–water partition coefficient (Wildman–Crippen LogP) is 5.31. The molecule has 0 aliphatic rings. The Balaban J connectivity index is -0.000000260. The topological polar surface area (TPSA) is 152 Å². The first-order valence-electron chi connectivity index (χ1n) is 12.3. The molecule has 0 atom stereocenters. The summed E-state index contributed by atoms with van der Waals surface area (Å²) < 4.78 is 0. The van der Waals surface area contributed by atoms with Gasteiger partial charge in [0.15, 0.2) is 0 Å². The molecule has 5 N–H and O–H groups in total. The van der Waals surface area contributed by atoms with E-state index in [1.165, 1.54) is 83.5 Å². The number of hydrogen-bond donors (Lipinski definition) is 7. The molecule has 0 bridgehead atoms. The third-order valence-corrected chi connectivity index (χ3v) is 4.91. The van der Waals surface area contributed by atoms with Crippen molar-refractivity contribution in [1.29, 1.82) is 0 Å². The van der Waals surface area contributed by atoms with Gasteiger partial charge in [-0.15, -0.1) is 0 Å². The Bertz CT molecular complexity index is 408. The largest absolute Gasteiger partial charge is 0.481 e. The lowest BCUT2D eigenvalue weighted by Crippen LogP contribution is -1.93.